The summed E-state index contributed by atoms with van der Waals surface area (Å²) in [5, 5.41) is 4.49. The first-order valence-electron chi connectivity index (χ1n) is 7.81. The van der Waals surface area contributed by atoms with E-state index in [1.54, 1.807) is 23.9 Å². The van der Waals surface area contributed by atoms with E-state index < -0.39 is 0 Å². The molecule has 3 nitrogen and oxygen atoms in total. The second kappa shape index (κ2) is 6.26. The number of nitrogens with one attached hydrogen (secondary N) is 2. The van der Waals surface area contributed by atoms with Gasteiger partial charge in [-0.2, -0.15) is 0 Å². The first-order valence-corrected chi connectivity index (χ1v) is 8.63. The van der Waals surface area contributed by atoms with Crippen LogP contribution in [0, 0.1) is 5.82 Å². The monoisotopic (exact) mass is 327 g/mol. The molecule has 0 saturated carbocycles. The van der Waals surface area contributed by atoms with E-state index in [4.69, 9.17) is 0 Å². The Morgan fingerprint density at radius 1 is 0.957 bits per heavy atom. The molecule has 0 unspecified atom stereocenters. The number of nitrogens with zero attached hydrogens (tertiary/aromatic N) is 1. The van der Waals surface area contributed by atoms with Crippen molar-refractivity contribution in [3.63, 3.8) is 0 Å². The topological polar surface area (TPSA) is 31.1 Å². The summed E-state index contributed by atoms with van der Waals surface area (Å²) in [5.74, 6) is -0.142. The van der Waals surface area contributed by atoms with Crippen molar-refractivity contribution in [2.75, 3.05) is 31.1 Å². The highest BCUT2D eigenvalue weighted by Crippen LogP contribution is 2.40. The number of fused-ring (bicyclic) bond motifs is 1. The molecule has 1 saturated heterocycles. The predicted molar refractivity (Wildman–Crippen MR) is 93.9 cm³/mol. The molecule has 118 valence electrons. The smallest absolute Gasteiger partial charge is 0.147 e. The fourth-order valence-corrected chi connectivity index (χ4v) is 4.13. The summed E-state index contributed by atoms with van der Waals surface area (Å²) >= 11 is 1.62. The molecule has 2 heterocycles. The van der Waals surface area contributed by atoms with E-state index >= 15 is 0 Å². The lowest BCUT2D eigenvalue weighted by Gasteiger charge is -2.31. The Labute approximate surface area is 138 Å². The lowest BCUT2D eigenvalue weighted by molar-refractivity contribution is 0.562. The normalized spacial score (nSPS) is 15.3. The Morgan fingerprint density at radius 2 is 1.78 bits per heavy atom. The molecular formula is C18H18FN3S. The Hall–Kier alpha value is -1.98. The molecular weight excluding hydrogens is 309 g/mol. The van der Waals surface area contributed by atoms with Gasteiger partial charge in [-0.3, -0.25) is 0 Å². The molecule has 0 bridgehead atoms. The number of rotatable bonds is 3. The number of benzene rings is 2. The molecule has 1 aliphatic rings. The molecule has 0 radical (unpaired) electrons. The number of aromatic nitrogens is 1. The fraction of sp³-hybridized carbons (Fsp3) is 0.222. The SMILES string of the molecule is Fc1cccc(Sc2c[nH]c3ccccc23)c1N1CCNCC1. The average molecular weight is 327 g/mol. The van der Waals surface area contributed by atoms with E-state index in [1.165, 1.54) is 5.39 Å². The number of piperazine rings is 1. The van der Waals surface area contributed by atoms with E-state index in [0.29, 0.717) is 0 Å². The summed E-state index contributed by atoms with van der Waals surface area (Å²) < 4.78 is 14.5. The van der Waals surface area contributed by atoms with Gasteiger partial charge in [-0.05, 0) is 18.2 Å². The Bertz CT molecular complexity index is 824. The number of para-hydroxylation sites is 2. The second-order valence-electron chi connectivity index (χ2n) is 5.62. The van der Waals surface area contributed by atoms with Gasteiger partial charge in [0.1, 0.15) is 5.82 Å². The maximum Gasteiger partial charge on any atom is 0.147 e. The molecule has 2 aromatic carbocycles. The van der Waals surface area contributed by atoms with Crippen molar-refractivity contribution in [3.8, 4) is 0 Å². The van der Waals surface area contributed by atoms with Crippen LogP contribution in [0.5, 0.6) is 0 Å². The van der Waals surface area contributed by atoms with Gasteiger partial charge in [-0.15, -0.1) is 0 Å². The highest BCUT2D eigenvalue weighted by molar-refractivity contribution is 7.99. The third-order valence-corrected chi connectivity index (χ3v) is 5.26. The Morgan fingerprint density at radius 3 is 2.65 bits per heavy atom. The van der Waals surface area contributed by atoms with Gasteiger partial charge in [0.15, 0.2) is 0 Å². The molecule has 1 aliphatic heterocycles. The quantitative estimate of drug-likeness (QED) is 0.766. The minimum atomic E-state index is -0.142. The van der Waals surface area contributed by atoms with Gasteiger partial charge in [0.2, 0.25) is 0 Å². The maximum absolute atomic E-state index is 14.5. The molecule has 1 aromatic heterocycles. The highest BCUT2D eigenvalue weighted by Gasteiger charge is 2.19. The minimum absolute atomic E-state index is 0.142. The zero-order valence-electron chi connectivity index (χ0n) is 12.7. The summed E-state index contributed by atoms with van der Waals surface area (Å²) in [4.78, 5) is 7.52. The number of hydrogen-bond acceptors (Lipinski definition) is 3. The molecule has 23 heavy (non-hydrogen) atoms. The van der Waals surface area contributed by atoms with E-state index in [1.807, 2.05) is 24.4 Å². The molecule has 4 rings (SSSR count). The van der Waals surface area contributed by atoms with Crippen LogP contribution < -0.4 is 10.2 Å². The van der Waals surface area contributed by atoms with Crippen molar-refractivity contribution in [2.45, 2.75) is 9.79 Å². The fourth-order valence-electron chi connectivity index (χ4n) is 3.02. The number of hydrogen-bond donors (Lipinski definition) is 2. The van der Waals surface area contributed by atoms with Crippen LogP contribution in [0.3, 0.4) is 0 Å². The molecule has 5 heteroatoms. The summed E-state index contributed by atoms with van der Waals surface area (Å²) in [6, 6.07) is 13.5. The molecule has 0 amide bonds. The lowest BCUT2D eigenvalue weighted by atomic mass is 10.2. The minimum Gasteiger partial charge on any atom is -0.366 e. The number of H-pyrrole nitrogens is 1. The third kappa shape index (κ3) is 2.82. The molecule has 3 aromatic rings. The summed E-state index contributed by atoms with van der Waals surface area (Å²) in [7, 11) is 0. The highest BCUT2D eigenvalue weighted by atomic mass is 32.2. The van der Waals surface area contributed by atoms with Gasteiger partial charge in [0, 0.05) is 53.1 Å². The average Bonchev–Trinajstić information content (AvgIpc) is 2.99. The van der Waals surface area contributed by atoms with Crippen molar-refractivity contribution in [1.29, 1.82) is 0 Å². The molecule has 0 aliphatic carbocycles. The van der Waals surface area contributed by atoms with Crippen LogP contribution >= 0.6 is 11.8 Å². The van der Waals surface area contributed by atoms with Gasteiger partial charge in [-0.1, -0.05) is 36.0 Å². The summed E-state index contributed by atoms with van der Waals surface area (Å²) in [6.45, 7) is 3.46. The van der Waals surface area contributed by atoms with E-state index in [-0.39, 0.29) is 5.82 Å². The van der Waals surface area contributed by atoms with Gasteiger partial charge in [-0.25, -0.2) is 4.39 Å². The molecule has 2 N–H and O–H groups in total. The van der Waals surface area contributed by atoms with Gasteiger partial charge in [0.05, 0.1) is 5.69 Å². The van der Waals surface area contributed by atoms with Crippen molar-refractivity contribution >= 4 is 28.4 Å². The number of aromatic amines is 1. The third-order valence-electron chi connectivity index (χ3n) is 4.15. The second-order valence-corrected chi connectivity index (χ2v) is 6.71. The maximum atomic E-state index is 14.5. The first-order chi connectivity index (χ1) is 11.3. The van der Waals surface area contributed by atoms with Crippen LogP contribution in [0.15, 0.2) is 58.5 Å². The van der Waals surface area contributed by atoms with Gasteiger partial charge < -0.3 is 15.2 Å². The van der Waals surface area contributed by atoms with E-state index in [0.717, 1.165) is 47.2 Å². The first kappa shape index (κ1) is 14.6. The Kier molecular flexibility index (Phi) is 3.97. The van der Waals surface area contributed by atoms with E-state index in [2.05, 4.69) is 27.3 Å². The lowest BCUT2D eigenvalue weighted by Crippen LogP contribution is -2.44. The van der Waals surface area contributed by atoms with Crippen LogP contribution in [-0.4, -0.2) is 31.2 Å². The van der Waals surface area contributed by atoms with Crippen molar-refractivity contribution in [3.05, 3.63) is 54.5 Å². The largest absolute Gasteiger partial charge is 0.366 e. The Balaban J connectivity index is 1.72. The van der Waals surface area contributed by atoms with E-state index in [9.17, 15) is 4.39 Å². The standard InChI is InChI=1S/C18H18FN3S/c19-14-5-3-7-16(18(14)22-10-8-20-9-11-22)23-17-12-21-15-6-2-1-4-13(15)17/h1-7,12,20-21H,8-11H2. The zero-order chi connectivity index (χ0) is 15.6. The zero-order valence-corrected chi connectivity index (χ0v) is 13.5. The molecule has 0 atom stereocenters. The molecule has 0 spiro atoms. The van der Waals surface area contributed by atoms with Crippen LogP contribution in [0.2, 0.25) is 0 Å². The van der Waals surface area contributed by atoms with Crippen molar-refractivity contribution in [2.24, 2.45) is 0 Å². The predicted octanol–water partition coefficient (Wildman–Crippen LogP) is 3.87. The van der Waals surface area contributed by atoms with Crippen LogP contribution in [0.4, 0.5) is 10.1 Å². The van der Waals surface area contributed by atoms with Gasteiger partial charge in [0.25, 0.3) is 0 Å². The number of halogens is 1. The van der Waals surface area contributed by atoms with Crippen LogP contribution in [0.25, 0.3) is 10.9 Å². The molecule has 1 fully saturated rings. The summed E-state index contributed by atoms with van der Waals surface area (Å²) in [5.41, 5.74) is 1.83. The van der Waals surface area contributed by atoms with Crippen LogP contribution in [-0.2, 0) is 0 Å². The van der Waals surface area contributed by atoms with Crippen molar-refractivity contribution in [1.82, 2.24) is 10.3 Å². The summed E-state index contributed by atoms with van der Waals surface area (Å²) in [6.07, 6.45) is 2.00. The number of anilines is 1. The van der Waals surface area contributed by atoms with Crippen molar-refractivity contribution < 1.29 is 4.39 Å². The van der Waals surface area contributed by atoms with Gasteiger partial charge >= 0.3 is 0 Å². The van der Waals surface area contributed by atoms with Crippen LogP contribution in [0.1, 0.15) is 0 Å².